The maximum atomic E-state index is 6.17. The lowest BCUT2D eigenvalue weighted by Gasteiger charge is -2.29. The molecular weight excluding hydrogens is 293 g/mol. The van der Waals surface area contributed by atoms with Gasteiger partial charge in [0.15, 0.2) is 0 Å². The molecule has 3 rings (SSSR count). The smallest absolute Gasteiger partial charge is 0.129 e. The van der Waals surface area contributed by atoms with E-state index in [1.165, 1.54) is 11.1 Å². The van der Waals surface area contributed by atoms with Crippen molar-refractivity contribution in [2.24, 2.45) is 0 Å². The standard InChI is InChI=1S/C15H15Cl2N3/c16-12-4-5-15(17)19-14(12)9-20-7-6-11-10(8-20)2-1-3-13(11)18/h1-5H,6-9,18H2. The molecule has 0 aliphatic carbocycles. The van der Waals surface area contributed by atoms with Gasteiger partial charge in [0, 0.05) is 25.3 Å². The van der Waals surface area contributed by atoms with Crippen molar-refractivity contribution in [1.82, 2.24) is 9.88 Å². The maximum absolute atomic E-state index is 6.17. The van der Waals surface area contributed by atoms with E-state index in [1.807, 2.05) is 12.1 Å². The van der Waals surface area contributed by atoms with Crippen molar-refractivity contribution in [2.45, 2.75) is 19.5 Å². The predicted octanol–water partition coefficient (Wildman–Crippen LogP) is 3.53. The van der Waals surface area contributed by atoms with Crippen molar-refractivity contribution >= 4 is 28.9 Å². The number of halogens is 2. The Kier molecular flexibility index (Phi) is 3.83. The van der Waals surface area contributed by atoms with Gasteiger partial charge in [-0.3, -0.25) is 4.90 Å². The first-order valence-electron chi connectivity index (χ1n) is 6.53. The summed E-state index contributed by atoms with van der Waals surface area (Å²) in [4.78, 5) is 6.62. The Hall–Kier alpha value is -1.29. The van der Waals surface area contributed by atoms with Gasteiger partial charge >= 0.3 is 0 Å². The van der Waals surface area contributed by atoms with Crippen molar-refractivity contribution in [2.75, 3.05) is 12.3 Å². The fourth-order valence-electron chi connectivity index (χ4n) is 2.61. The van der Waals surface area contributed by atoms with Crippen LogP contribution in [0, 0.1) is 0 Å². The Morgan fingerprint density at radius 2 is 2.05 bits per heavy atom. The zero-order chi connectivity index (χ0) is 14.1. The normalized spacial score (nSPS) is 15.1. The molecule has 2 N–H and O–H groups in total. The summed E-state index contributed by atoms with van der Waals surface area (Å²) in [5, 5.41) is 1.14. The van der Waals surface area contributed by atoms with Crippen molar-refractivity contribution < 1.29 is 0 Å². The van der Waals surface area contributed by atoms with Crippen LogP contribution in [0.4, 0.5) is 5.69 Å². The van der Waals surface area contributed by atoms with Crippen LogP contribution in [0.25, 0.3) is 0 Å². The van der Waals surface area contributed by atoms with Crippen LogP contribution in [-0.4, -0.2) is 16.4 Å². The number of fused-ring (bicyclic) bond motifs is 1. The number of anilines is 1. The largest absolute Gasteiger partial charge is 0.398 e. The SMILES string of the molecule is Nc1cccc2c1CCN(Cc1nc(Cl)ccc1Cl)C2. The van der Waals surface area contributed by atoms with Crippen LogP contribution in [0.1, 0.15) is 16.8 Å². The van der Waals surface area contributed by atoms with Gasteiger partial charge in [-0.15, -0.1) is 0 Å². The van der Waals surface area contributed by atoms with Crippen molar-refractivity contribution in [3.63, 3.8) is 0 Å². The van der Waals surface area contributed by atoms with E-state index in [0.717, 1.165) is 30.9 Å². The van der Waals surface area contributed by atoms with Crippen LogP contribution in [0.2, 0.25) is 10.2 Å². The third kappa shape index (κ3) is 2.75. The van der Waals surface area contributed by atoms with Crippen LogP contribution in [0.15, 0.2) is 30.3 Å². The molecule has 0 saturated carbocycles. The topological polar surface area (TPSA) is 42.1 Å². The molecule has 0 unspecified atom stereocenters. The summed E-state index contributed by atoms with van der Waals surface area (Å²) in [5.74, 6) is 0. The number of rotatable bonds is 2. The van der Waals surface area contributed by atoms with E-state index < -0.39 is 0 Å². The van der Waals surface area contributed by atoms with Gasteiger partial charge in [0.25, 0.3) is 0 Å². The predicted molar refractivity (Wildman–Crippen MR) is 82.9 cm³/mol. The van der Waals surface area contributed by atoms with E-state index >= 15 is 0 Å². The van der Waals surface area contributed by atoms with Gasteiger partial charge in [-0.1, -0.05) is 35.3 Å². The van der Waals surface area contributed by atoms with Crippen LogP contribution in [-0.2, 0) is 19.5 Å². The van der Waals surface area contributed by atoms with Gasteiger partial charge in [0.2, 0.25) is 0 Å². The zero-order valence-electron chi connectivity index (χ0n) is 10.9. The lowest BCUT2D eigenvalue weighted by atomic mass is 9.98. The van der Waals surface area contributed by atoms with E-state index in [4.69, 9.17) is 28.9 Å². The molecule has 2 aromatic rings. The van der Waals surface area contributed by atoms with Gasteiger partial charge in [0.05, 0.1) is 10.7 Å². The lowest BCUT2D eigenvalue weighted by Crippen LogP contribution is -2.31. The number of pyridine rings is 1. The summed E-state index contributed by atoms with van der Waals surface area (Å²) in [5.41, 5.74) is 10.3. The minimum absolute atomic E-state index is 0.478. The molecule has 1 aliphatic rings. The molecule has 104 valence electrons. The van der Waals surface area contributed by atoms with E-state index in [0.29, 0.717) is 16.7 Å². The summed E-state index contributed by atoms with van der Waals surface area (Å²) in [6, 6.07) is 9.60. The molecule has 0 atom stereocenters. The molecule has 20 heavy (non-hydrogen) atoms. The Balaban J connectivity index is 1.79. The summed E-state index contributed by atoms with van der Waals surface area (Å²) < 4.78 is 0. The Bertz CT molecular complexity index is 643. The van der Waals surface area contributed by atoms with Gasteiger partial charge < -0.3 is 5.73 Å². The van der Waals surface area contributed by atoms with Crippen molar-refractivity contribution in [1.29, 1.82) is 0 Å². The molecule has 1 aliphatic heterocycles. The van der Waals surface area contributed by atoms with Crippen LogP contribution < -0.4 is 5.73 Å². The number of hydrogen-bond donors (Lipinski definition) is 1. The highest BCUT2D eigenvalue weighted by atomic mass is 35.5. The molecule has 0 saturated heterocycles. The van der Waals surface area contributed by atoms with E-state index in [9.17, 15) is 0 Å². The Morgan fingerprint density at radius 3 is 2.90 bits per heavy atom. The quantitative estimate of drug-likeness (QED) is 0.682. The molecule has 0 fully saturated rings. The summed E-state index contributed by atoms with van der Waals surface area (Å²) in [6.07, 6.45) is 0.959. The van der Waals surface area contributed by atoms with Crippen LogP contribution in [0.3, 0.4) is 0 Å². The number of benzene rings is 1. The molecule has 0 amide bonds. The highest BCUT2D eigenvalue weighted by Crippen LogP contribution is 2.26. The molecule has 1 aromatic carbocycles. The average molecular weight is 308 g/mol. The van der Waals surface area contributed by atoms with E-state index in [2.05, 4.69) is 16.0 Å². The first-order valence-corrected chi connectivity index (χ1v) is 7.28. The summed E-state index contributed by atoms with van der Waals surface area (Å²) in [7, 11) is 0. The molecule has 1 aromatic heterocycles. The second-order valence-electron chi connectivity index (χ2n) is 5.01. The minimum atomic E-state index is 0.478. The fourth-order valence-corrected chi connectivity index (χ4v) is 2.94. The summed E-state index contributed by atoms with van der Waals surface area (Å²) in [6.45, 7) is 2.52. The second kappa shape index (κ2) is 5.60. The monoisotopic (exact) mass is 307 g/mol. The van der Waals surface area contributed by atoms with Gasteiger partial charge in [-0.05, 0) is 35.7 Å². The third-order valence-electron chi connectivity index (χ3n) is 3.64. The molecule has 3 nitrogen and oxygen atoms in total. The number of nitrogen functional groups attached to an aromatic ring is 1. The van der Waals surface area contributed by atoms with Gasteiger partial charge in [-0.2, -0.15) is 0 Å². The maximum Gasteiger partial charge on any atom is 0.129 e. The van der Waals surface area contributed by atoms with E-state index in [1.54, 1.807) is 12.1 Å². The molecule has 5 heteroatoms. The van der Waals surface area contributed by atoms with Crippen LogP contribution >= 0.6 is 23.2 Å². The summed E-state index contributed by atoms with van der Waals surface area (Å²) >= 11 is 12.1. The highest BCUT2D eigenvalue weighted by molar-refractivity contribution is 6.32. The second-order valence-corrected chi connectivity index (χ2v) is 5.80. The first kappa shape index (κ1) is 13.7. The van der Waals surface area contributed by atoms with Crippen molar-refractivity contribution in [3.8, 4) is 0 Å². The molecule has 2 heterocycles. The highest BCUT2D eigenvalue weighted by Gasteiger charge is 2.19. The zero-order valence-corrected chi connectivity index (χ0v) is 12.5. The van der Waals surface area contributed by atoms with Gasteiger partial charge in [-0.25, -0.2) is 4.98 Å². The van der Waals surface area contributed by atoms with Crippen molar-refractivity contribution in [3.05, 3.63) is 57.3 Å². The number of nitrogens with zero attached hydrogens (tertiary/aromatic N) is 2. The Labute approximate surface area is 128 Å². The number of nitrogens with two attached hydrogens (primary N) is 1. The third-order valence-corrected chi connectivity index (χ3v) is 4.19. The fraction of sp³-hybridized carbons (Fsp3) is 0.267. The number of aromatic nitrogens is 1. The number of hydrogen-bond acceptors (Lipinski definition) is 3. The molecule has 0 bridgehead atoms. The van der Waals surface area contributed by atoms with Gasteiger partial charge in [0.1, 0.15) is 5.15 Å². The average Bonchev–Trinajstić information content (AvgIpc) is 2.43. The lowest BCUT2D eigenvalue weighted by molar-refractivity contribution is 0.243. The first-order chi connectivity index (χ1) is 9.63. The molecular formula is C15H15Cl2N3. The molecule has 0 radical (unpaired) electrons. The molecule has 0 spiro atoms. The van der Waals surface area contributed by atoms with Crippen LogP contribution in [0.5, 0.6) is 0 Å². The Morgan fingerprint density at radius 1 is 1.20 bits per heavy atom. The van der Waals surface area contributed by atoms with E-state index in [-0.39, 0.29) is 0 Å². The minimum Gasteiger partial charge on any atom is -0.398 e.